The van der Waals surface area contributed by atoms with Gasteiger partial charge in [-0.05, 0) is 55.0 Å². The van der Waals surface area contributed by atoms with Gasteiger partial charge in [-0.25, -0.2) is 9.79 Å². The fourth-order valence-corrected chi connectivity index (χ4v) is 3.38. The molecule has 1 aliphatic rings. The second-order valence-corrected chi connectivity index (χ2v) is 7.91. The third-order valence-electron chi connectivity index (χ3n) is 5.04. The van der Waals surface area contributed by atoms with Crippen LogP contribution in [0.3, 0.4) is 0 Å². The summed E-state index contributed by atoms with van der Waals surface area (Å²) in [6.07, 6.45) is 3.20. The largest absolute Gasteiger partial charge is 0.403 e. The molecule has 1 saturated heterocycles. The van der Waals surface area contributed by atoms with Gasteiger partial charge >= 0.3 is 6.03 Å². The Labute approximate surface area is 202 Å². The number of amides is 4. The van der Waals surface area contributed by atoms with Gasteiger partial charge in [0.05, 0.1) is 5.57 Å². The second kappa shape index (κ2) is 11.2. The molecule has 176 valence electrons. The topological polar surface area (TPSA) is 120 Å². The molecule has 0 radical (unpaired) electrons. The molecule has 2 aromatic carbocycles. The van der Waals surface area contributed by atoms with Gasteiger partial charge in [-0.1, -0.05) is 18.2 Å². The van der Waals surface area contributed by atoms with Crippen LogP contribution in [0.4, 0.5) is 21.9 Å². The summed E-state index contributed by atoms with van der Waals surface area (Å²) in [5.74, 6) is -1.25. The Kier molecular flexibility index (Phi) is 8.05. The predicted octanol–water partition coefficient (Wildman–Crippen LogP) is 3.61. The molecule has 1 heterocycles. The average Bonchev–Trinajstić information content (AvgIpc) is 2.83. The Morgan fingerprint density at radius 1 is 1.03 bits per heavy atom. The molecule has 34 heavy (non-hydrogen) atoms. The highest BCUT2D eigenvalue weighted by molar-refractivity contribution is 6.54. The third-order valence-corrected chi connectivity index (χ3v) is 5.29. The Hall–Kier alpha value is -4.11. The average molecular weight is 481 g/mol. The van der Waals surface area contributed by atoms with Crippen molar-refractivity contribution in [1.29, 1.82) is 0 Å². The molecule has 1 aliphatic heterocycles. The number of nitrogens with one attached hydrogen (secondary N) is 2. The quantitative estimate of drug-likeness (QED) is 0.414. The zero-order valence-electron chi connectivity index (χ0n) is 18.6. The first-order chi connectivity index (χ1) is 16.3. The summed E-state index contributed by atoms with van der Waals surface area (Å²) in [5.41, 5.74) is 6.66. The predicted molar refractivity (Wildman–Crippen MR) is 135 cm³/mol. The number of hydrogen-bond acceptors (Lipinski definition) is 5. The van der Waals surface area contributed by atoms with E-state index in [0.29, 0.717) is 22.9 Å². The lowest BCUT2D eigenvalue weighted by Crippen LogP contribution is -2.47. The maximum Gasteiger partial charge on any atom is 0.324 e. The van der Waals surface area contributed by atoms with Gasteiger partial charge in [-0.15, -0.1) is 0 Å². The van der Waals surface area contributed by atoms with Crippen molar-refractivity contribution in [2.75, 3.05) is 35.7 Å². The van der Waals surface area contributed by atoms with Gasteiger partial charge in [0, 0.05) is 54.6 Å². The molecule has 4 N–H and O–H groups in total. The summed E-state index contributed by atoms with van der Waals surface area (Å²) >= 11 is 5.87. The van der Waals surface area contributed by atoms with Crippen LogP contribution < -0.4 is 21.3 Å². The van der Waals surface area contributed by atoms with Crippen molar-refractivity contribution in [3.05, 3.63) is 78.1 Å². The number of carbonyl (C=O) groups excluding carboxylic acids is 3. The Bertz CT molecular complexity index is 1140. The van der Waals surface area contributed by atoms with E-state index in [1.807, 2.05) is 0 Å². The lowest BCUT2D eigenvalue weighted by molar-refractivity contribution is -0.113. The first kappa shape index (κ1) is 24.5. The molecular formula is C24H25ClN6O3. The van der Waals surface area contributed by atoms with E-state index in [1.165, 1.54) is 6.20 Å². The maximum absolute atomic E-state index is 12.8. The van der Waals surface area contributed by atoms with Crippen molar-refractivity contribution in [1.82, 2.24) is 4.90 Å². The van der Waals surface area contributed by atoms with E-state index < -0.39 is 11.8 Å². The molecule has 4 amide bonds. The summed E-state index contributed by atoms with van der Waals surface area (Å²) in [6.45, 7) is 5.08. The molecule has 1 fully saturated rings. The van der Waals surface area contributed by atoms with Crippen molar-refractivity contribution in [3.63, 3.8) is 0 Å². The van der Waals surface area contributed by atoms with Crippen LogP contribution in [0.2, 0.25) is 5.02 Å². The van der Waals surface area contributed by atoms with Crippen molar-refractivity contribution in [2.45, 2.75) is 6.42 Å². The monoisotopic (exact) mass is 480 g/mol. The molecule has 0 saturated carbocycles. The molecule has 0 unspecified atom stereocenters. The van der Waals surface area contributed by atoms with Crippen LogP contribution in [0.5, 0.6) is 0 Å². The lowest BCUT2D eigenvalue weighted by Gasteiger charge is -2.33. The molecule has 3 rings (SSSR count). The second-order valence-electron chi connectivity index (χ2n) is 7.47. The van der Waals surface area contributed by atoms with Crippen molar-refractivity contribution in [3.8, 4) is 0 Å². The minimum atomic E-state index is -0.636. The van der Waals surface area contributed by atoms with Gasteiger partial charge in [0.25, 0.3) is 11.8 Å². The van der Waals surface area contributed by atoms with Gasteiger partial charge in [0.1, 0.15) is 5.71 Å². The molecule has 0 atom stereocenters. The van der Waals surface area contributed by atoms with Crippen LogP contribution in [0, 0.1) is 0 Å². The Morgan fingerprint density at radius 3 is 2.24 bits per heavy atom. The number of carbonyl (C=O) groups is 3. The SMILES string of the molecule is C=C(C(=O)Nc1ccc(N2CCCN(C)C2=O)cc1)C(=N/C=C\N)C(=O)Nc1ccc(Cl)cc1. The van der Waals surface area contributed by atoms with Gasteiger partial charge in [0.2, 0.25) is 0 Å². The van der Waals surface area contributed by atoms with E-state index in [9.17, 15) is 14.4 Å². The van der Waals surface area contributed by atoms with Gasteiger partial charge in [0.15, 0.2) is 0 Å². The van der Waals surface area contributed by atoms with Crippen LogP contribution in [-0.2, 0) is 9.59 Å². The van der Waals surface area contributed by atoms with E-state index in [2.05, 4.69) is 22.2 Å². The van der Waals surface area contributed by atoms with Crippen LogP contribution in [0.1, 0.15) is 6.42 Å². The van der Waals surface area contributed by atoms with Gasteiger partial charge in [-0.2, -0.15) is 0 Å². The van der Waals surface area contributed by atoms with Crippen molar-refractivity contribution < 1.29 is 14.4 Å². The zero-order chi connectivity index (χ0) is 24.7. The van der Waals surface area contributed by atoms with Gasteiger partial charge in [-0.3, -0.25) is 14.5 Å². The van der Waals surface area contributed by atoms with E-state index in [-0.39, 0.29) is 17.3 Å². The van der Waals surface area contributed by atoms with Crippen LogP contribution in [-0.4, -0.2) is 48.6 Å². The van der Waals surface area contributed by atoms with Crippen molar-refractivity contribution >= 4 is 52.2 Å². The molecule has 0 aromatic heterocycles. The van der Waals surface area contributed by atoms with E-state index in [0.717, 1.165) is 24.9 Å². The van der Waals surface area contributed by atoms with E-state index in [4.69, 9.17) is 17.3 Å². The Balaban J connectivity index is 1.70. The third kappa shape index (κ3) is 6.02. The van der Waals surface area contributed by atoms with Crippen LogP contribution in [0.25, 0.3) is 0 Å². The summed E-state index contributed by atoms with van der Waals surface area (Å²) in [5, 5.41) is 5.85. The molecule has 2 aromatic rings. The fraction of sp³-hybridized carbons (Fsp3) is 0.167. The number of benzene rings is 2. The fourth-order valence-electron chi connectivity index (χ4n) is 3.26. The lowest BCUT2D eigenvalue weighted by atomic mass is 10.1. The normalized spacial score (nSPS) is 14.3. The molecular weight excluding hydrogens is 456 g/mol. The number of anilines is 3. The molecule has 9 nitrogen and oxygen atoms in total. The highest BCUT2D eigenvalue weighted by Crippen LogP contribution is 2.22. The van der Waals surface area contributed by atoms with Gasteiger partial charge < -0.3 is 21.3 Å². The van der Waals surface area contributed by atoms with Crippen molar-refractivity contribution in [2.24, 2.45) is 10.7 Å². The molecule has 10 heteroatoms. The number of nitrogens with zero attached hydrogens (tertiary/aromatic N) is 3. The number of halogens is 1. The van der Waals surface area contributed by atoms with E-state index in [1.54, 1.807) is 65.4 Å². The standard InChI is InChI=1S/C24H25ClN6O3/c1-16(21(27-13-12-26)23(33)29-18-6-4-17(25)5-7-18)22(32)28-19-8-10-20(11-9-19)31-15-3-14-30(2)24(31)34/h4-13H,1,3,14-15,26H2,2H3,(H,28,32)(H,29,33)/b13-12-,27-21?. The highest BCUT2D eigenvalue weighted by atomic mass is 35.5. The van der Waals surface area contributed by atoms with E-state index >= 15 is 0 Å². The first-order valence-corrected chi connectivity index (χ1v) is 10.8. The summed E-state index contributed by atoms with van der Waals surface area (Å²) < 4.78 is 0. The minimum absolute atomic E-state index is 0.0723. The molecule has 0 bridgehead atoms. The summed E-state index contributed by atoms with van der Waals surface area (Å²) in [4.78, 5) is 45.2. The molecule has 0 aliphatic carbocycles. The summed E-state index contributed by atoms with van der Waals surface area (Å²) in [6, 6.07) is 13.2. The number of rotatable bonds is 7. The Morgan fingerprint density at radius 2 is 1.62 bits per heavy atom. The maximum atomic E-state index is 12.8. The number of hydrogen-bond donors (Lipinski definition) is 3. The number of nitrogens with two attached hydrogens (primary N) is 1. The number of urea groups is 1. The summed E-state index contributed by atoms with van der Waals surface area (Å²) in [7, 11) is 1.76. The number of aliphatic imine (C=N–C) groups is 1. The molecule has 0 spiro atoms. The zero-order valence-corrected chi connectivity index (χ0v) is 19.4. The van der Waals surface area contributed by atoms with Crippen LogP contribution in [0.15, 0.2) is 78.1 Å². The highest BCUT2D eigenvalue weighted by Gasteiger charge is 2.24. The smallest absolute Gasteiger partial charge is 0.324 e. The van der Waals surface area contributed by atoms with Crippen LogP contribution >= 0.6 is 11.6 Å². The first-order valence-electron chi connectivity index (χ1n) is 10.4. The minimum Gasteiger partial charge on any atom is -0.403 e.